The van der Waals surface area contributed by atoms with Crippen molar-refractivity contribution in [3.8, 4) is 6.07 Å². The van der Waals surface area contributed by atoms with E-state index in [2.05, 4.69) is 46.8 Å². The third-order valence-corrected chi connectivity index (χ3v) is 3.38. The summed E-state index contributed by atoms with van der Waals surface area (Å²) in [6.45, 7) is 11.3. The average Bonchev–Trinajstić information content (AvgIpc) is 2.67. The van der Waals surface area contributed by atoms with Gasteiger partial charge in [-0.1, -0.05) is 40.7 Å². The Labute approximate surface area is 115 Å². The lowest BCUT2D eigenvalue weighted by atomic mass is 9.72. The molecule has 0 saturated carbocycles. The molecule has 2 rings (SSSR count). The Balaban J connectivity index is 2.43. The Morgan fingerprint density at radius 3 is 2.37 bits per heavy atom. The molecule has 0 aliphatic carbocycles. The van der Waals surface area contributed by atoms with Crippen molar-refractivity contribution in [3.63, 3.8) is 0 Å². The molecule has 0 N–H and O–H groups in total. The number of rotatable bonds is 2. The van der Waals surface area contributed by atoms with E-state index in [0.29, 0.717) is 5.76 Å². The van der Waals surface area contributed by atoms with Gasteiger partial charge in [0.15, 0.2) is 0 Å². The van der Waals surface area contributed by atoms with E-state index >= 15 is 0 Å². The SMILES string of the molecule is CC(C)(C)CC(C)(C)c1ccc2oc(C#N)cc2c1. The molecule has 2 aromatic rings. The van der Waals surface area contributed by atoms with Crippen LogP contribution in [0.4, 0.5) is 0 Å². The Hall–Kier alpha value is -1.75. The van der Waals surface area contributed by atoms with Gasteiger partial charge < -0.3 is 4.42 Å². The minimum absolute atomic E-state index is 0.108. The van der Waals surface area contributed by atoms with E-state index in [1.807, 2.05) is 18.2 Å². The maximum atomic E-state index is 8.88. The number of nitrogens with zero attached hydrogens (tertiary/aromatic N) is 1. The molecule has 1 heterocycles. The van der Waals surface area contributed by atoms with Gasteiger partial charge in [0.25, 0.3) is 0 Å². The largest absolute Gasteiger partial charge is 0.446 e. The molecule has 0 spiro atoms. The monoisotopic (exact) mass is 255 g/mol. The van der Waals surface area contributed by atoms with Crippen LogP contribution in [0.2, 0.25) is 0 Å². The zero-order chi connectivity index (χ0) is 14.3. The summed E-state index contributed by atoms with van der Waals surface area (Å²) in [4.78, 5) is 0. The first-order valence-corrected chi connectivity index (χ1v) is 6.65. The molecule has 100 valence electrons. The predicted octanol–water partition coefficient (Wildman–Crippen LogP) is 5.02. The Kier molecular flexibility index (Phi) is 3.18. The molecule has 0 bridgehead atoms. The molecule has 0 aliphatic heterocycles. The molecule has 0 unspecified atom stereocenters. The topological polar surface area (TPSA) is 36.9 Å². The molecule has 0 fully saturated rings. The van der Waals surface area contributed by atoms with Crippen LogP contribution in [0.1, 0.15) is 52.4 Å². The summed E-state index contributed by atoms with van der Waals surface area (Å²) in [5.41, 5.74) is 2.47. The van der Waals surface area contributed by atoms with Crippen molar-refractivity contribution in [2.45, 2.75) is 46.5 Å². The van der Waals surface area contributed by atoms with Gasteiger partial charge in [-0.2, -0.15) is 5.26 Å². The maximum absolute atomic E-state index is 8.88. The second kappa shape index (κ2) is 4.42. The van der Waals surface area contributed by atoms with E-state index in [1.165, 1.54) is 5.56 Å². The third kappa shape index (κ3) is 2.98. The third-order valence-electron chi connectivity index (χ3n) is 3.38. The molecule has 0 amide bonds. The van der Waals surface area contributed by atoms with Gasteiger partial charge in [-0.25, -0.2) is 0 Å². The molecule has 0 radical (unpaired) electrons. The second-order valence-electron chi connectivity index (χ2n) is 7.10. The van der Waals surface area contributed by atoms with E-state index in [4.69, 9.17) is 9.68 Å². The number of benzene rings is 1. The van der Waals surface area contributed by atoms with Crippen LogP contribution in [0.15, 0.2) is 28.7 Å². The molecule has 2 nitrogen and oxygen atoms in total. The summed E-state index contributed by atoms with van der Waals surface area (Å²) < 4.78 is 5.42. The van der Waals surface area contributed by atoms with Crippen molar-refractivity contribution in [2.75, 3.05) is 0 Å². The Morgan fingerprint density at radius 1 is 1.11 bits per heavy atom. The minimum atomic E-state index is 0.108. The van der Waals surface area contributed by atoms with Gasteiger partial charge in [0.05, 0.1) is 0 Å². The van der Waals surface area contributed by atoms with Crippen molar-refractivity contribution in [3.05, 3.63) is 35.6 Å². The average molecular weight is 255 g/mol. The lowest BCUT2D eigenvalue weighted by Crippen LogP contribution is -2.24. The van der Waals surface area contributed by atoms with Crippen LogP contribution in [-0.4, -0.2) is 0 Å². The van der Waals surface area contributed by atoms with Crippen LogP contribution in [0.5, 0.6) is 0 Å². The fourth-order valence-corrected chi connectivity index (χ4v) is 2.95. The highest BCUT2D eigenvalue weighted by Crippen LogP contribution is 2.37. The van der Waals surface area contributed by atoms with Gasteiger partial charge in [0, 0.05) is 11.5 Å². The summed E-state index contributed by atoms with van der Waals surface area (Å²) in [6, 6.07) is 10.1. The molecule has 2 heteroatoms. The van der Waals surface area contributed by atoms with Crippen LogP contribution in [0.3, 0.4) is 0 Å². The van der Waals surface area contributed by atoms with Crippen molar-refractivity contribution < 1.29 is 4.42 Å². The summed E-state index contributed by atoms with van der Waals surface area (Å²) in [6.07, 6.45) is 1.11. The van der Waals surface area contributed by atoms with Crippen LogP contribution in [0, 0.1) is 16.7 Å². The van der Waals surface area contributed by atoms with Gasteiger partial charge in [-0.15, -0.1) is 0 Å². The van der Waals surface area contributed by atoms with Gasteiger partial charge in [-0.05, 0) is 34.9 Å². The standard InChI is InChI=1S/C17H21NO/c1-16(2,3)11-17(4,5)13-6-7-15-12(8-13)9-14(10-18)19-15/h6-9H,11H2,1-5H3. The molecular formula is C17H21NO. The number of fused-ring (bicyclic) bond motifs is 1. The molecule has 0 atom stereocenters. The fraction of sp³-hybridized carbons (Fsp3) is 0.471. The van der Waals surface area contributed by atoms with Crippen molar-refractivity contribution in [2.24, 2.45) is 5.41 Å². The highest BCUT2D eigenvalue weighted by molar-refractivity contribution is 5.79. The summed E-state index contributed by atoms with van der Waals surface area (Å²) in [5.74, 6) is 0.376. The maximum Gasteiger partial charge on any atom is 0.204 e. The number of hydrogen-bond acceptors (Lipinski definition) is 2. The van der Waals surface area contributed by atoms with E-state index in [-0.39, 0.29) is 10.8 Å². The first-order chi connectivity index (χ1) is 8.71. The number of hydrogen-bond donors (Lipinski definition) is 0. The van der Waals surface area contributed by atoms with Gasteiger partial charge >= 0.3 is 0 Å². The highest BCUT2D eigenvalue weighted by atomic mass is 16.3. The summed E-state index contributed by atoms with van der Waals surface area (Å²) >= 11 is 0. The van der Waals surface area contributed by atoms with Gasteiger partial charge in [0.2, 0.25) is 5.76 Å². The minimum Gasteiger partial charge on any atom is -0.446 e. The lowest BCUT2D eigenvalue weighted by molar-refractivity contribution is 0.284. The number of furan rings is 1. The van der Waals surface area contributed by atoms with Crippen molar-refractivity contribution in [1.29, 1.82) is 5.26 Å². The quantitative estimate of drug-likeness (QED) is 0.755. The lowest BCUT2D eigenvalue weighted by Gasteiger charge is -2.33. The van der Waals surface area contributed by atoms with Crippen molar-refractivity contribution in [1.82, 2.24) is 0 Å². The molecule has 19 heavy (non-hydrogen) atoms. The zero-order valence-electron chi connectivity index (χ0n) is 12.4. The van der Waals surface area contributed by atoms with E-state index in [1.54, 1.807) is 0 Å². The normalized spacial score (nSPS) is 12.6. The van der Waals surface area contributed by atoms with Gasteiger partial charge in [0.1, 0.15) is 11.7 Å². The molecule has 0 saturated heterocycles. The Bertz CT molecular complexity index is 635. The number of nitriles is 1. The van der Waals surface area contributed by atoms with E-state index < -0.39 is 0 Å². The molecule has 0 aliphatic rings. The first kappa shape index (κ1) is 13.7. The summed E-state index contributed by atoms with van der Waals surface area (Å²) in [7, 11) is 0. The van der Waals surface area contributed by atoms with Crippen molar-refractivity contribution >= 4 is 11.0 Å². The van der Waals surface area contributed by atoms with Crippen LogP contribution < -0.4 is 0 Å². The van der Waals surface area contributed by atoms with E-state index in [0.717, 1.165) is 17.4 Å². The molecule has 1 aromatic carbocycles. The highest BCUT2D eigenvalue weighted by Gasteiger charge is 2.27. The van der Waals surface area contributed by atoms with Crippen LogP contribution in [0.25, 0.3) is 11.0 Å². The zero-order valence-corrected chi connectivity index (χ0v) is 12.4. The fourth-order valence-electron chi connectivity index (χ4n) is 2.95. The summed E-state index contributed by atoms with van der Waals surface area (Å²) in [5, 5.41) is 9.89. The predicted molar refractivity (Wildman–Crippen MR) is 78.0 cm³/mol. The molecular weight excluding hydrogens is 234 g/mol. The Morgan fingerprint density at radius 2 is 1.79 bits per heavy atom. The second-order valence-corrected chi connectivity index (χ2v) is 7.10. The van der Waals surface area contributed by atoms with Gasteiger partial charge in [-0.3, -0.25) is 0 Å². The first-order valence-electron chi connectivity index (χ1n) is 6.65. The van der Waals surface area contributed by atoms with E-state index in [9.17, 15) is 0 Å². The van der Waals surface area contributed by atoms with Crippen LogP contribution in [-0.2, 0) is 5.41 Å². The smallest absolute Gasteiger partial charge is 0.204 e. The molecule has 1 aromatic heterocycles. The van der Waals surface area contributed by atoms with Crippen LogP contribution >= 0.6 is 0 Å².